The number of benzene rings is 2. The molecule has 2 heterocycles. The van der Waals surface area contributed by atoms with Crippen molar-refractivity contribution in [3.05, 3.63) is 58.3 Å². The van der Waals surface area contributed by atoms with E-state index in [1.165, 1.54) is 13.4 Å². The van der Waals surface area contributed by atoms with Crippen LogP contribution < -0.4 is 20.1 Å². The minimum atomic E-state index is -0.374. The van der Waals surface area contributed by atoms with Crippen LogP contribution in [-0.2, 0) is 9.59 Å². The summed E-state index contributed by atoms with van der Waals surface area (Å²) >= 11 is 11.8. The van der Waals surface area contributed by atoms with Crippen LogP contribution in [0.25, 0.3) is 0 Å². The van der Waals surface area contributed by atoms with E-state index in [1.54, 1.807) is 41.1 Å². The highest BCUT2D eigenvalue weighted by Crippen LogP contribution is 2.35. The SMILES string of the molecule is COc1cc(C2CC(=O)Nc3ncnn32)ccc1OCC(=O)Nc1ccc(Cl)c(Cl)c1. The fourth-order valence-corrected chi connectivity index (χ4v) is 3.49. The van der Waals surface area contributed by atoms with Gasteiger partial charge in [0.1, 0.15) is 6.33 Å². The van der Waals surface area contributed by atoms with Crippen LogP contribution in [-0.4, -0.2) is 40.3 Å². The normalized spacial score (nSPS) is 15.1. The molecule has 11 heteroatoms. The zero-order valence-corrected chi connectivity index (χ0v) is 17.8. The molecule has 0 radical (unpaired) electrons. The first-order valence-electron chi connectivity index (χ1n) is 9.19. The standard InChI is InChI=1S/C20H17Cl2N5O4/c1-30-17-6-11(15-8-18(28)26-20-23-10-24-27(15)20)2-5-16(17)31-9-19(29)25-12-3-4-13(21)14(22)7-12/h2-7,10,15H,8-9H2,1H3,(H,25,29)(H,23,24,26,28). The molecule has 0 saturated carbocycles. The van der Waals surface area contributed by atoms with Gasteiger partial charge in [-0.05, 0) is 35.9 Å². The van der Waals surface area contributed by atoms with Crippen molar-refractivity contribution in [3.8, 4) is 11.5 Å². The number of anilines is 2. The predicted molar refractivity (Wildman–Crippen MR) is 115 cm³/mol. The van der Waals surface area contributed by atoms with Crippen LogP contribution in [0.4, 0.5) is 11.6 Å². The van der Waals surface area contributed by atoms with Gasteiger partial charge in [-0.15, -0.1) is 0 Å². The molecule has 9 nitrogen and oxygen atoms in total. The summed E-state index contributed by atoms with van der Waals surface area (Å²) in [5, 5.41) is 10.3. The smallest absolute Gasteiger partial charge is 0.262 e. The number of nitrogens with zero attached hydrogens (tertiary/aromatic N) is 3. The second-order valence-electron chi connectivity index (χ2n) is 6.67. The summed E-state index contributed by atoms with van der Waals surface area (Å²) in [5.41, 5.74) is 1.30. The molecule has 4 rings (SSSR count). The molecule has 2 N–H and O–H groups in total. The van der Waals surface area contributed by atoms with Gasteiger partial charge in [-0.25, -0.2) is 4.68 Å². The number of fused-ring (bicyclic) bond motifs is 1. The Kier molecular flexibility index (Phi) is 5.97. The molecule has 160 valence electrons. The number of rotatable bonds is 6. The number of amides is 2. The number of aromatic nitrogens is 3. The lowest BCUT2D eigenvalue weighted by Crippen LogP contribution is -2.29. The fraction of sp³-hybridized carbons (Fsp3) is 0.200. The zero-order chi connectivity index (χ0) is 22.0. The van der Waals surface area contributed by atoms with Crippen LogP contribution >= 0.6 is 23.2 Å². The van der Waals surface area contributed by atoms with Crippen LogP contribution in [0.3, 0.4) is 0 Å². The first kappa shape index (κ1) is 21.0. The van der Waals surface area contributed by atoms with E-state index in [-0.39, 0.29) is 30.9 Å². The molecule has 1 aliphatic rings. The predicted octanol–water partition coefficient (Wildman–Crippen LogP) is 3.54. The summed E-state index contributed by atoms with van der Waals surface area (Å²) in [6, 6.07) is 9.69. The Morgan fingerprint density at radius 3 is 2.84 bits per heavy atom. The maximum absolute atomic E-state index is 12.2. The zero-order valence-electron chi connectivity index (χ0n) is 16.3. The molecule has 3 aromatic rings. The minimum absolute atomic E-state index is 0.149. The number of halogens is 2. The van der Waals surface area contributed by atoms with Crippen molar-refractivity contribution in [2.75, 3.05) is 24.4 Å². The van der Waals surface area contributed by atoms with E-state index in [9.17, 15) is 9.59 Å². The van der Waals surface area contributed by atoms with Gasteiger partial charge in [0.15, 0.2) is 18.1 Å². The fourth-order valence-electron chi connectivity index (χ4n) is 3.19. The Bertz CT molecular complexity index is 1150. The van der Waals surface area contributed by atoms with Gasteiger partial charge in [0, 0.05) is 5.69 Å². The van der Waals surface area contributed by atoms with Gasteiger partial charge in [0.25, 0.3) is 5.91 Å². The third kappa shape index (κ3) is 4.57. The van der Waals surface area contributed by atoms with E-state index in [1.807, 2.05) is 0 Å². The van der Waals surface area contributed by atoms with Gasteiger partial charge in [-0.2, -0.15) is 10.1 Å². The average Bonchev–Trinajstić information content (AvgIpc) is 3.22. The van der Waals surface area contributed by atoms with E-state index in [4.69, 9.17) is 32.7 Å². The topological polar surface area (TPSA) is 107 Å². The van der Waals surface area contributed by atoms with E-state index >= 15 is 0 Å². The Labute approximate surface area is 187 Å². The largest absolute Gasteiger partial charge is 0.493 e. The van der Waals surface area contributed by atoms with Crippen molar-refractivity contribution in [2.45, 2.75) is 12.5 Å². The maximum atomic E-state index is 12.2. The molecule has 0 bridgehead atoms. The summed E-state index contributed by atoms with van der Waals surface area (Å²) in [6.45, 7) is -0.241. The summed E-state index contributed by atoms with van der Waals surface area (Å²) in [6.07, 6.45) is 1.60. The van der Waals surface area contributed by atoms with Crippen molar-refractivity contribution in [1.29, 1.82) is 0 Å². The van der Waals surface area contributed by atoms with Gasteiger partial charge in [-0.1, -0.05) is 29.3 Å². The molecule has 0 saturated heterocycles. The molecule has 2 amide bonds. The molecule has 0 fully saturated rings. The first-order chi connectivity index (χ1) is 14.9. The minimum Gasteiger partial charge on any atom is -0.493 e. The molecule has 1 aromatic heterocycles. The van der Waals surface area contributed by atoms with E-state index in [0.29, 0.717) is 33.2 Å². The lowest BCUT2D eigenvalue weighted by atomic mass is 10.0. The summed E-state index contributed by atoms with van der Waals surface area (Å²) in [5.74, 6) is 0.672. The molecule has 0 aliphatic carbocycles. The molecule has 31 heavy (non-hydrogen) atoms. The highest BCUT2D eigenvalue weighted by molar-refractivity contribution is 6.42. The van der Waals surface area contributed by atoms with Crippen LogP contribution in [0, 0.1) is 0 Å². The van der Waals surface area contributed by atoms with Gasteiger partial charge >= 0.3 is 0 Å². The van der Waals surface area contributed by atoms with Crippen molar-refractivity contribution < 1.29 is 19.1 Å². The second-order valence-corrected chi connectivity index (χ2v) is 7.49. The van der Waals surface area contributed by atoms with Crippen LogP contribution in [0.15, 0.2) is 42.7 Å². The molecule has 1 aliphatic heterocycles. The van der Waals surface area contributed by atoms with Crippen molar-refractivity contribution in [2.24, 2.45) is 0 Å². The van der Waals surface area contributed by atoms with E-state index < -0.39 is 0 Å². The quantitative estimate of drug-likeness (QED) is 0.581. The Balaban J connectivity index is 1.46. The molecule has 1 atom stereocenters. The van der Waals surface area contributed by atoms with Gasteiger partial charge in [-0.3, -0.25) is 14.9 Å². The second kappa shape index (κ2) is 8.83. The summed E-state index contributed by atoms with van der Waals surface area (Å²) in [4.78, 5) is 28.3. The molecule has 2 aromatic carbocycles. The Hall–Kier alpha value is -3.30. The van der Waals surface area contributed by atoms with Crippen LogP contribution in [0.1, 0.15) is 18.0 Å². The highest BCUT2D eigenvalue weighted by atomic mass is 35.5. The number of methoxy groups -OCH3 is 1. The third-order valence-corrected chi connectivity index (χ3v) is 5.37. The van der Waals surface area contributed by atoms with E-state index in [2.05, 4.69) is 20.7 Å². The number of carbonyl (C=O) groups is 2. The molecular weight excluding hydrogens is 445 g/mol. The molecule has 0 spiro atoms. The number of ether oxygens (including phenoxy) is 2. The molecule has 1 unspecified atom stereocenters. The number of nitrogens with one attached hydrogen (secondary N) is 2. The number of hydrogen-bond acceptors (Lipinski definition) is 6. The monoisotopic (exact) mass is 461 g/mol. The maximum Gasteiger partial charge on any atom is 0.262 e. The van der Waals surface area contributed by atoms with Crippen molar-refractivity contribution in [3.63, 3.8) is 0 Å². The van der Waals surface area contributed by atoms with Crippen LogP contribution in [0.5, 0.6) is 11.5 Å². The van der Waals surface area contributed by atoms with Crippen molar-refractivity contribution >= 4 is 46.7 Å². The number of hydrogen-bond donors (Lipinski definition) is 2. The van der Waals surface area contributed by atoms with Crippen LogP contribution in [0.2, 0.25) is 10.0 Å². The first-order valence-corrected chi connectivity index (χ1v) is 9.95. The van der Waals surface area contributed by atoms with E-state index in [0.717, 1.165) is 5.56 Å². The lowest BCUT2D eigenvalue weighted by molar-refractivity contribution is -0.118. The lowest BCUT2D eigenvalue weighted by Gasteiger charge is -2.24. The van der Waals surface area contributed by atoms with Gasteiger partial charge < -0.3 is 14.8 Å². The van der Waals surface area contributed by atoms with Gasteiger partial charge in [0.2, 0.25) is 11.9 Å². The average molecular weight is 462 g/mol. The highest BCUT2D eigenvalue weighted by Gasteiger charge is 2.28. The Morgan fingerprint density at radius 1 is 1.23 bits per heavy atom. The van der Waals surface area contributed by atoms with Crippen molar-refractivity contribution in [1.82, 2.24) is 14.8 Å². The third-order valence-electron chi connectivity index (χ3n) is 4.63. The molecular formula is C20H17Cl2N5O4. The Morgan fingerprint density at radius 2 is 2.06 bits per heavy atom. The summed E-state index contributed by atoms with van der Waals surface area (Å²) in [7, 11) is 1.50. The summed E-state index contributed by atoms with van der Waals surface area (Å²) < 4.78 is 12.7. The van der Waals surface area contributed by atoms with Gasteiger partial charge in [0.05, 0.1) is 29.6 Å². The number of carbonyl (C=O) groups excluding carboxylic acids is 2.